The number of benzene rings is 1. The summed E-state index contributed by atoms with van der Waals surface area (Å²) < 4.78 is 0. The van der Waals surface area contributed by atoms with Crippen LogP contribution in [-0.2, 0) is 0 Å². The van der Waals surface area contributed by atoms with Crippen LogP contribution >= 0.6 is 11.6 Å². The molecule has 1 aromatic heterocycles. The predicted molar refractivity (Wildman–Crippen MR) is 75.3 cm³/mol. The van der Waals surface area contributed by atoms with Gasteiger partial charge in [-0.3, -0.25) is 9.78 Å². The van der Waals surface area contributed by atoms with Gasteiger partial charge in [0.05, 0.1) is 11.3 Å². The van der Waals surface area contributed by atoms with Gasteiger partial charge in [0.15, 0.2) is 0 Å². The molecule has 2 N–H and O–H groups in total. The molecule has 0 unspecified atom stereocenters. The lowest BCUT2D eigenvalue weighted by Crippen LogP contribution is -2.17. The second kappa shape index (κ2) is 5.71. The van der Waals surface area contributed by atoms with Crippen molar-refractivity contribution in [1.29, 1.82) is 0 Å². The molecule has 0 aliphatic rings. The number of anilines is 1. The highest BCUT2D eigenvalue weighted by Gasteiger charge is 2.15. The normalized spacial score (nSPS) is 10.1. The minimum Gasteiger partial charge on any atom is -0.478 e. The summed E-state index contributed by atoms with van der Waals surface area (Å²) in [6.07, 6.45) is 1.50. The third-order valence-corrected chi connectivity index (χ3v) is 2.92. The molecule has 2 rings (SSSR count). The van der Waals surface area contributed by atoms with Crippen LogP contribution in [0.1, 0.15) is 26.4 Å². The average Bonchev–Trinajstić information content (AvgIpc) is 2.41. The van der Waals surface area contributed by atoms with Gasteiger partial charge in [-0.25, -0.2) is 4.79 Å². The van der Waals surface area contributed by atoms with Crippen LogP contribution in [0.2, 0.25) is 5.02 Å². The molecular formula is C14H11ClN2O3. The fourth-order valence-electron chi connectivity index (χ4n) is 1.71. The van der Waals surface area contributed by atoms with Gasteiger partial charge in [-0.2, -0.15) is 0 Å². The third-order valence-electron chi connectivity index (χ3n) is 2.68. The van der Waals surface area contributed by atoms with Crippen molar-refractivity contribution in [2.45, 2.75) is 6.92 Å². The van der Waals surface area contributed by atoms with Crippen molar-refractivity contribution in [2.24, 2.45) is 0 Å². The van der Waals surface area contributed by atoms with E-state index in [0.717, 1.165) is 0 Å². The number of rotatable bonds is 3. The first kappa shape index (κ1) is 14.0. The number of hydrogen-bond donors (Lipinski definition) is 2. The lowest BCUT2D eigenvalue weighted by molar-refractivity contribution is 0.0698. The van der Waals surface area contributed by atoms with Crippen LogP contribution in [0.15, 0.2) is 36.5 Å². The quantitative estimate of drug-likeness (QED) is 0.911. The number of carbonyl (C=O) groups excluding carboxylic acids is 1. The Morgan fingerprint density at radius 1 is 1.30 bits per heavy atom. The topological polar surface area (TPSA) is 79.3 Å². The van der Waals surface area contributed by atoms with Crippen molar-refractivity contribution in [3.05, 3.63) is 58.4 Å². The fourth-order valence-corrected chi connectivity index (χ4v) is 1.88. The number of halogens is 1. The molecule has 0 spiro atoms. The number of nitrogens with zero attached hydrogens (tertiary/aromatic N) is 1. The minimum atomic E-state index is -1.17. The highest BCUT2D eigenvalue weighted by Crippen LogP contribution is 2.21. The number of carbonyl (C=O) groups is 2. The maximum absolute atomic E-state index is 12.1. The summed E-state index contributed by atoms with van der Waals surface area (Å²) >= 11 is 5.75. The fraction of sp³-hybridized carbons (Fsp3) is 0.0714. The smallest absolute Gasteiger partial charge is 0.337 e. The molecule has 20 heavy (non-hydrogen) atoms. The molecule has 5 nitrogen and oxygen atoms in total. The van der Waals surface area contributed by atoms with Gasteiger partial charge in [-0.1, -0.05) is 17.7 Å². The van der Waals surface area contributed by atoms with Crippen molar-refractivity contribution in [1.82, 2.24) is 4.98 Å². The van der Waals surface area contributed by atoms with Crippen molar-refractivity contribution in [3.8, 4) is 0 Å². The van der Waals surface area contributed by atoms with E-state index in [-0.39, 0.29) is 22.0 Å². The highest BCUT2D eigenvalue weighted by atomic mass is 35.5. The van der Waals surface area contributed by atoms with Gasteiger partial charge < -0.3 is 10.4 Å². The maximum atomic E-state index is 12.1. The largest absolute Gasteiger partial charge is 0.478 e. The van der Waals surface area contributed by atoms with Crippen LogP contribution in [0.25, 0.3) is 0 Å². The van der Waals surface area contributed by atoms with Gasteiger partial charge in [0, 0.05) is 11.2 Å². The summed E-state index contributed by atoms with van der Waals surface area (Å²) in [5.41, 5.74) is 1.06. The van der Waals surface area contributed by atoms with E-state index < -0.39 is 11.9 Å². The Balaban J connectivity index is 2.33. The zero-order valence-electron chi connectivity index (χ0n) is 10.6. The molecule has 1 heterocycles. The number of aryl methyl sites for hydroxylation is 1. The Morgan fingerprint density at radius 2 is 2.05 bits per heavy atom. The van der Waals surface area contributed by atoms with E-state index in [0.29, 0.717) is 5.56 Å². The second-order valence-electron chi connectivity index (χ2n) is 4.12. The van der Waals surface area contributed by atoms with Crippen molar-refractivity contribution in [3.63, 3.8) is 0 Å². The molecule has 1 aromatic carbocycles. The van der Waals surface area contributed by atoms with E-state index in [1.165, 1.54) is 24.4 Å². The number of hydrogen-bond acceptors (Lipinski definition) is 3. The first-order valence-corrected chi connectivity index (χ1v) is 6.12. The molecule has 0 aliphatic heterocycles. The molecule has 0 atom stereocenters. The van der Waals surface area contributed by atoms with Gasteiger partial charge in [0.25, 0.3) is 5.91 Å². The molecule has 0 saturated heterocycles. The second-order valence-corrected chi connectivity index (χ2v) is 4.55. The van der Waals surface area contributed by atoms with E-state index in [1.54, 1.807) is 19.1 Å². The van der Waals surface area contributed by atoms with E-state index in [4.69, 9.17) is 16.7 Å². The Bertz CT molecular complexity index is 686. The van der Waals surface area contributed by atoms with Crippen LogP contribution < -0.4 is 5.32 Å². The molecule has 1 amide bonds. The lowest BCUT2D eigenvalue weighted by atomic mass is 10.1. The number of pyridine rings is 1. The number of aromatic carboxylic acids is 1. The standard InChI is InChI=1S/C14H11ClN2O3/c1-8-3-2-6-16-12(8)13(18)17-11-5-4-9(15)7-10(11)14(19)20/h2-7H,1H3,(H,17,18)(H,19,20). The predicted octanol–water partition coefficient (Wildman–Crippen LogP) is 2.99. The summed E-state index contributed by atoms with van der Waals surface area (Å²) in [5, 5.41) is 11.9. The molecule has 0 radical (unpaired) electrons. The van der Waals surface area contributed by atoms with Crippen LogP contribution in [0.5, 0.6) is 0 Å². The number of amides is 1. The number of carboxylic acid groups (broad SMARTS) is 1. The Hall–Kier alpha value is -2.40. The van der Waals surface area contributed by atoms with E-state index in [9.17, 15) is 9.59 Å². The van der Waals surface area contributed by atoms with Gasteiger partial charge in [-0.15, -0.1) is 0 Å². The average molecular weight is 291 g/mol. The lowest BCUT2D eigenvalue weighted by Gasteiger charge is -2.09. The van der Waals surface area contributed by atoms with Crippen molar-refractivity contribution >= 4 is 29.2 Å². The number of aromatic nitrogens is 1. The van der Waals surface area contributed by atoms with Crippen LogP contribution in [0, 0.1) is 6.92 Å². The molecular weight excluding hydrogens is 280 g/mol. The van der Waals surface area contributed by atoms with Gasteiger partial charge in [0.2, 0.25) is 0 Å². The summed E-state index contributed by atoms with van der Waals surface area (Å²) in [4.78, 5) is 27.2. The number of nitrogens with one attached hydrogen (secondary N) is 1. The van der Waals surface area contributed by atoms with Gasteiger partial charge in [0.1, 0.15) is 5.69 Å². The Kier molecular flexibility index (Phi) is 4.00. The molecule has 6 heteroatoms. The van der Waals surface area contributed by atoms with Crippen LogP contribution in [0.4, 0.5) is 5.69 Å². The summed E-state index contributed by atoms with van der Waals surface area (Å²) in [5.74, 6) is -1.63. The highest BCUT2D eigenvalue weighted by molar-refractivity contribution is 6.31. The van der Waals surface area contributed by atoms with Crippen molar-refractivity contribution in [2.75, 3.05) is 5.32 Å². The summed E-state index contributed by atoms with van der Waals surface area (Å²) in [6, 6.07) is 7.71. The van der Waals surface area contributed by atoms with Crippen LogP contribution in [0.3, 0.4) is 0 Å². The molecule has 2 aromatic rings. The molecule has 0 saturated carbocycles. The van der Waals surface area contributed by atoms with Gasteiger partial charge in [-0.05, 0) is 36.8 Å². The summed E-state index contributed by atoms with van der Waals surface area (Å²) in [7, 11) is 0. The van der Waals surface area contributed by atoms with E-state index in [1.807, 2.05) is 0 Å². The van der Waals surface area contributed by atoms with Crippen molar-refractivity contribution < 1.29 is 14.7 Å². The first-order valence-electron chi connectivity index (χ1n) is 5.75. The Labute approximate surface area is 120 Å². The third kappa shape index (κ3) is 2.95. The minimum absolute atomic E-state index is 0.0700. The molecule has 0 aliphatic carbocycles. The first-order chi connectivity index (χ1) is 9.49. The summed E-state index contributed by atoms with van der Waals surface area (Å²) in [6.45, 7) is 1.75. The zero-order chi connectivity index (χ0) is 14.7. The van der Waals surface area contributed by atoms with E-state index in [2.05, 4.69) is 10.3 Å². The monoisotopic (exact) mass is 290 g/mol. The molecule has 102 valence electrons. The SMILES string of the molecule is Cc1cccnc1C(=O)Nc1ccc(Cl)cc1C(=O)O. The van der Waals surface area contributed by atoms with E-state index >= 15 is 0 Å². The van der Waals surface area contributed by atoms with Crippen LogP contribution in [-0.4, -0.2) is 22.0 Å². The zero-order valence-corrected chi connectivity index (χ0v) is 11.3. The maximum Gasteiger partial charge on any atom is 0.337 e. The molecule has 0 fully saturated rings. The number of carboxylic acids is 1. The van der Waals surface area contributed by atoms with Gasteiger partial charge >= 0.3 is 5.97 Å². The molecule has 0 bridgehead atoms. The Morgan fingerprint density at radius 3 is 2.70 bits per heavy atom.